The fourth-order valence-electron chi connectivity index (χ4n) is 2.85. The van der Waals surface area contributed by atoms with Gasteiger partial charge in [0.15, 0.2) is 8.32 Å². The van der Waals surface area contributed by atoms with Crippen LogP contribution in [-0.2, 0) is 14.0 Å². The molecule has 0 N–H and O–H groups in total. The van der Waals surface area contributed by atoms with Crippen LogP contribution in [0.25, 0.3) is 0 Å². The zero-order chi connectivity index (χ0) is 16.3. The van der Waals surface area contributed by atoms with Crippen molar-refractivity contribution in [1.29, 1.82) is 0 Å². The summed E-state index contributed by atoms with van der Waals surface area (Å²) in [4.78, 5) is 12.1. The van der Waals surface area contributed by atoms with Gasteiger partial charge in [0.05, 0.1) is 6.61 Å². The Balaban J connectivity index is 4.55. The van der Waals surface area contributed by atoms with Gasteiger partial charge in [0, 0.05) is 0 Å². The third-order valence-electron chi connectivity index (χ3n) is 3.82. The van der Waals surface area contributed by atoms with Crippen molar-refractivity contribution >= 4 is 14.3 Å². The van der Waals surface area contributed by atoms with Crippen molar-refractivity contribution in [2.45, 2.75) is 91.5 Å². The van der Waals surface area contributed by atoms with E-state index in [0.29, 0.717) is 12.5 Å². The van der Waals surface area contributed by atoms with Gasteiger partial charge in [-0.25, -0.2) is 4.79 Å². The van der Waals surface area contributed by atoms with E-state index >= 15 is 0 Å². The molecular formula is C17H36O3Si. The van der Waals surface area contributed by atoms with Crippen molar-refractivity contribution in [2.24, 2.45) is 5.92 Å². The van der Waals surface area contributed by atoms with Gasteiger partial charge in [0.1, 0.15) is 6.10 Å². The molecule has 0 bridgehead atoms. The summed E-state index contributed by atoms with van der Waals surface area (Å²) in [5.41, 5.74) is 0. The van der Waals surface area contributed by atoms with E-state index in [9.17, 15) is 4.79 Å². The summed E-state index contributed by atoms with van der Waals surface area (Å²) in [5, 5.41) is 0. The molecule has 0 fully saturated rings. The third-order valence-corrected chi connectivity index (χ3v) is 8.90. The van der Waals surface area contributed by atoms with E-state index in [-0.39, 0.29) is 5.97 Å². The topological polar surface area (TPSA) is 35.5 Å². The number of carbonyl (C=O) groups is 1. The Morgan fingerprint density at radius 2 is 1.43 bits per heavy atom. The highest BCUT2D eigenvalue weighted by molar-refractivity contribution is 6.74. The highest BCUT2D eigenvalue weighted by atomic mass is 28.4. The predicted molar refractivity (Wildman–Crippen MR) is 92.0 cm³/mol. The van der Waals surface area contributed by atoms with Crippen molar-refractivity contribution < 1.29 is 14.0 Å². The van der Waals surface area contributed by atoms with Crippen LogP contribution in [0, 0.1) is 5.92 Å². The maximum Gasteiger partial charge on any atom is 0.333 e. The monoisotopic (exact) mass is 316 g/mol. The van der Waals surface area contributed by atoms with Gasteiger partial charge in [-0.3, -0.25) is 0 Å². The zero-order valence-electron chi connectivity index (χ0n) is 15.0. The average molecular weight is 317 g/mol. The summed E-state index contributed by atoms with van der Waals surface area (Å²) in [6.07, 6.45) is 3.93. The first-order valence-corrected chi connectivity index (χ1v) is 11.3. The minimum Gasteiger partial charge on any atom is -0.464 e. The Hall–Kier alpha value is -0.353. The van der Waals surface area contributed by atoms with E-state index in [0.717, 1.165) is 43.8 Å². The van der Waals surface area contributed by atoms with Crippen molar-refractivity contribution in [2.75, 3.05) is 6.61 Å². The van der Waals surface area contributed by atoms with Crippen molar-refractivity contribution in [3.05, 3.63) is 0 Å². The molecule has 0 amide bonds. The van der Waals surface area contributed by atoms with Crippen LogP contribution in [0.3, 0.4) is 0 Å². The fraction of sp³-hybridized carbons (Fsp3) is 0.941. The van der Waals surface area contributed by atoms with Gasteiger partial charge in [0.25, 0.3) is 0 Å². The molecule has 1 atom stereocenters. The van der Waals surface area contributed by atoms with Crippen LogP contribution >= 0.6 is 0 Å². The number of esters is 1. The number of hydrogen-bond donors (Lipinski definition) is 0. The van der Waals surface area contributed by atoms with Crippen LogP contribution in [0.4, 0.5) is 0 Å². The lowest BCUT2D eigenvalue weighted by molar-refractivity contribution is -0.151. The van der Waals surface area contributed by atoms with E-state index in [1.807, 2.05) is 6.92 Å². The predicted octanol–water partition coefficient (Wildman–Crippen LogP) is 5.16. The number of rotatable bonds is 12. The quantitative estimate of drug-likeness (QED) is 0.369. The highest BCUT2D eigenvalue weighted by Crippen LogP contribution is 2.29. The van der Waals surface area contributed by atoms with Crippen molar-refractivity contribution in [1.82, 2.24) is 0 Å². The fourth-order valence-corrected chi connectivity index (χ4v) is 7.54. The van der Waals surface area contributed by atoms with Crippen LogP contribution in [0.2, 0.25) is 18.1 Å². The van der Waals surface area contributed by atoms with Gasteiger partial charge in [0.2, 0.25) is 0 Å². The molecule has 0 radical (unpaired) electrons. The molecule has 0 aliphatic heterocycles. The largest absolute Gasteiger partial charge is 0.464 e. The van der Waals surface area contributed by atoms with E-state index in [1.54, 1.807) is 0 Å². The van der Waals surface area contributed by atoms with Crippen molar-refractivity contribution in [3.8, 4) is 0 Å². The molecule has 1 unspecified atom stereocenters. The SMILES string of the molecule is CCC[Si](CCC)(CCC)OC(C)C(=O)OCCC(C)C. The lowest BCUT2D eigenvalue weighted by Gasteiger charge is -2.33. The second kappa shape index (κ2) is 11.2. The van der Waals surface area contributed by atoms with E-state index in [1.165, 1.54) is 0 Å². The molecular weight excluding hydrogens is 280 g/mol. The van der Waals surface area contributed by atoms with E-state index in [4.69, 9.17) is 9.16 Å². The van der Waals surface area contributed by atoms with Gasteiger partial charge < -0.3 is 9.16 Å². The van der Waals surface area contributed by atoms with E-state index < -0.39 is 14.4 Å². The smallest absolute Gasteiger partial charge is 0.333 e. The van der Waals surface area contributed by atoms with Gasteiger partial charge in [-0.2, -0.15) is 0 Å². The van der Waals surface area contributed by atoms with Crippen molar-refractivity contribution in [3.63, 3.8) is 0 Å². The molecule has 0 aliphatic carbocycles. The summed E-state index contributed by atoms with van der Waals surface area (Å²) in [5.74, 6) is 0.374. The van der Waals surface area contributed by atoms with Crippen LogP contribution < -0.4 is 0 Å². The molecule has 0 spiro atoms. The number of ether oxygens (including phenoxy) is 1. The molecule has 0 aromatic heterocycles. The van der Waals surface area contributed by atoms with Gasteiger partial charge in [-0.05, 0) is 37.4 Å². The zero-order valence-corrected chi connectivity index (χ0v) is 16.0. The van der Waals surface area contributed by atoms with Crippen LogP contribution in [0.15, 0.2) is 0 Å². The molecule has 0 aliphatic rings. The molecule has 0 aromatic rings. The second-order valence-corrected chi connectivity index (χ2v) is 10.6. The maximum absolute atomic E-state index is 12.1. The summed E-state index contributed by atoms with van der Waals surface area (Å²) < 4.78 is 11.7. The summed E-state index contributed by atoms with van der Waals surface area (Å²) in [7, 11) is -1.78. The normalized spacial score (nSPS) is 13.5. The first-order valence-electron chi connectivity index (χ1n) is 8.75. The number of carbonyl (C=O) groups excluding carboxylic acids is 1. The molecule has 3 nitrogen and oxygen atoms in total. The summed E-state index contributed by atoms with van der Waals surface area (Å²) in [6.45, 7) is 13.3. The Kier molecular flexibility index (Phi) is 11.1. The minimum absolute atomic E-state index is 0.184. The van der Waals surface area contributed by atoms with Gasteiger partial charge in [-0.15, -0.1) is 0 Å². The van der Waals surface area contributed by atoms with Gasteiger partial charge >= 0.3 is 5.97 Å². The highest BCUT2D eigenvalue weighted by Gasteiger charge is 2.36. The van der Waals surface area contributed by atoms with Crippen LogP contribution in [0.1, 0.15) is 67.2 Å². The lowest BCUT2D eigenvalue weighted by Crippen LogP contribution is -2.43. The molecule has 126 valence electrons. The molecule has 4 heteroatoms. The standard InChI is InChI=1S/C17H36O3Si/c1-7-12-21(13-8-2,14-9-3)20-16(6)17(18)19-11-10-15(4)5/h15-16H,7-14H2,1-6H3. The van der Waals surface area contributed by atoms with Crippen LogP contribution in [0.5, 0.6) is 0 Å². The third kappa shape index (κ3) is 8.62. The number of hydrogen-bond acceptors (Lipinski definition) is 3. The Morgan fingerprint density at radius 1 is 0.952 bits per heavy atom. The summed E-state index contributed by atoms with van der Waals surface area (Å²) >= 11 is 0. The first kappa shape index (κ1) is 20.6. The lowest BCUT2D eigenvalue weighted by atomic mass is 10.1. The maximum atomic E-state index is 12.1. The molecule has 0 saturated carbocycles. The Labute approximate surface area is 132 Å². The molecule has 0 heterocycles. The Bertz CT molecular complexity index is 262. The van der Waals surface area contributed by atoms with E-state index in [2.05, 4.69) is 34.6 Å². The average Bonchev–Trinajstić information content (AvgIpc) is 2.38. The Morgan fingerprint density at radius 3 is 1.81 bits per heavy atom. The second-order valence-electron chi connectivity index (χ2n) is 6.54. The minimum atomic E-state index is -1.78. The molecule has 21 heavy (non-hydrogen) atoms. The molecule has 0 saturated heterocycles. The molecule has 0 aromatic carbocycles. The molecule has 0 rings (SSSR count). The summed E-state index contributed by atoms with van der Waals surface area (Å²) in [6, 6.07) is 3.45. The van der Waals surface area contributed by atoms with Gasteiger partial charge in [-0.1, -0.05) is 53.9 Å². The van der Waals surface area contributed by atoms with Crippen LogP contribution in [-0.4, -0.2) is 27.0 Å². The first-order chi connectivity index (χ1) is 9.90.